The molecule has 0 unspecified atom stereocenters. The molecule has 4 heterocycles. The highest BCUT2D eigenvalue weighted by molar-refractivity contribution is 6.42. The topological polar surface area (TPSA) is 246 Å². The van der Waals surface area contributed by atoms with E-state index in [1.165, 1.54) is 0 Å². The molecule has 0 aromatic heterocycles. The molecule has 0 aliphatic carbocycles. The molecule has 4 aliphatic heterocycles. The number of unbranched alkanes of at least 4 members (excludes halogenated alkanes) is 24. The molecule has 4 aliphatic rings. The van der Waals surface area contributed by atoms with Crippen molar-refractivity contribution in [1.29, 1.82) is 0 Å². The van der Waals surface area contributed by atoms with E-state index in [2.05, 4.69) is 109 Å². The Morgan fingerprint density at radius 2 is 0.463 bits per heavy atom. The number of hydrogen-bond acceptors (Lipinski definition) is 15. The summed E-state index contributed by atoms with van der Waals surface area (Å²) in [6, 6.07) is 0. The zero-order valence-electron chi connectivity index (χ0n) is 59.2. The van der Waals surface area contributed by atoms with Crippen LogP contribution in [0.2, 0.25) is 0 Å². The predicted molar refractivity (Wildman–Crippen MR) is 393 cm³/mol. The summed E-state index contributed by atoms with van der Waals surface area (Å²) in [7, 11) is 0. The van der Waals surface area contributed by atoms with Crippen LogP contribution in [0.1, 0.15) is 339 Å². The van der Waals surface area contributed by atoms with Crippen molar-refractivity contribution in [2.75, 3.05) is 94.9 Å². The fourth-order valence-electron chi connectivity index (χ4n) is 14.3. The second kappa shape index (κ2) is 37.3. The molecule has 8 rings (SSSR count). The van der Waals surface area contributed by atoms with E-state index in [0.29, 0.717) is 116 Å². The third kappa shape index (κ3) is 16.6. The summed E-state index contributed by atoms with van der Waals surface area (Å²) < 4.78 is 0. The van der Waals surface area contributed by atoms with Crippen LogP contribution in [0, 0.1) is 0 Å². The molecule has 522 valence electrons. The highest BCUT2D eigenvalue weighted by atomic mass is 16.2. The lowest BCUT2D eigenvalue weighted by atomic mass is 9.81. The third-order valence-corrected chi connectivity index (χ3v) is 19.4. The van der Waals surface area contributed by atoms with Crippen LogP contribution in [0.4, 0.5) is 45.5 Å². The zero-order valence-corrected chi connectivity index (χ0v) is 59.2. The molecule has 10 N–H and O–H groups in total. The highest BCUT2D eigenvalue weighted by Crippen LogP contribution is 2.55. The highest BCUT2D eigenvalue weighted by Gasteiger charge is 2.53. The van der Waals surface area contributed by atoms with Gasteiger partial charge in [-0.1, -0.05) is 209 Å². The largest absolute Gasteiger partial charge is 0.383 e. The lowest BCUT2D eigenvalue weighted by molar-refractivity contribution is 0.00228. The maximum Gasteiger partial charge on any atom is 0.283 e. The summed E-state index contributed by atoms with van der Waals surface area (Å²) in [6.45, 7) is 20.9. The van der Waals surface area contributed by atoms with Crippen molar-refractivity contribution in [2.24, 2.45) is 0 Å². The van der Waals surface area contributed by atoms with Crippen molar-refractivity contribution in [2.45, 2.75) is 267 Å². The van der Waals surface area contributed by atoms with E-state index in [1.807, 2.05) is 0 Å². The number of rotatable bonds is 49. The van der Waals surface area contributed by atoms with Crippen LogP contribution in [0.5, 0.6) is 0 Å². The number of amides is 7. The standard InChI is InChI=1S/C76H116N12O7/c1-9-17-25-33-41-77-62-50-49-85-70(89)55-51(50)52-58(66(62)81-45-37-29-21-13-5)73(92)87(74(93)59(52)67(82-46-38-30-22-14-6)63(55)78-42-34-26-18-10-2)88-75(94)60-54-53-56(64(79-43-35-27-19-11-3)68(60)83-47-39-31-23-15-7)71(90)86-72(91)57(53)65(80-44-36-28-20-12-4)69(61(54)76(88)95)84-48-40-32-24-16-8/h77-84H,9-49H2,1-8H3,(H,85,89)(H,86,90,91). The van der Waals surface area contributed by atoms with E-state index in [4.69, 9.17) is 0 Å². The number of nitrogens with zero attached hydrogens (tertiary/aromatic N) is 2. The summed E-state index contributed by atoms with van der Waals surface area (Å²) in [6.07, 6.45) is 29.4. The first-order valence-corrected chi connectivity index (χ1v) is 37.7. The molecule has 0 fully saturated rings. The van der Waals surface area contributed by atoms with E-state index in [-0.39, 0.29) is 68.0 Å². The Balaban J connectivity index is 1.50. The van der Waals surface area contributed by atoms with Gasteiger partial charge in [-0.3, -0.25) is 38.9 Å². The van der Waals surface area contributed by atoms with Crippen molar-refractivity contribution in [3.8, 4) is 0 Å². The number of anilines is 8. The maximum atomic E-state index is 17.0. The van der Waals surface area contributed by atoms with Gasteiger partial charge < -0.3 is 47.9 Å². The average molecular weight is 1310 g/mol. The normalized spacial score (nSPS) is 13.9. The summed E-state index contributed by atoms with van der Waals surface area (Å²) in [5.74, 6) is -5.39. The van der Waals surface area contributed by atoms with Crippen LogP contribution < -0.4 is 53.2 Å². The Kier molecular flexibility index (Phi) is 28.8. The van der Waals surface area contributed by atoms with Gasteiger partial charge in [0.05, 0.1) is 84.4 Å². The Bertz CT molecular complexity index is 3230. The first kappa shape index (κ1) is 73.5. The smallest absolute Gasteiger partial charge is 0.283 e. The maximum absolute atomic E-state index is 17.0. The summed E-state index contributed by atoms with van der Waals surface area (Å²) in [5, 5.41) is 38.0. The molecule has 0 bridgehead atoms. The molecule has 0 spiro atoms. The molecule has 19 heteroatoms. The SMILES string of the molecule is CCCCCCNc1c(NCCCCCC)c2c3c(c(NCCCCCC)c(NCCCCCC)c4c3c1CNC4=O)C(=O)N(N1C(=O)c3c(NCCCCCC)c(NCCCCCC)c4c5c(c(NCCCCCC)c(NCCCCCC)c(c35)C1=O)C(=O)NC4=O)C2=O. The minimum Gasteiger partial charge on any atom is -0.383 e. The van der Waals surface area contributed by atoms with Gasteiger partial charge in [0.2, 0.25) is 0 Å². The number of imide groups is 3. The summed E-state index contributed by atoms with van der Waals surface area (Å²) in [5.41, 5.74) is 4.40. The summed E-state index contributed by atoms with van der Waals surface area (Å²) in [4.78, 5) is 113. The molecule has 19 nitrogen and oxygen atoms in total. The quantitative estimate of drug-likeness (QED) is 0.0146. The Labute approximate surface area is 566 Å². The van der Waals surface area contributed by atoms with E-state index in [9.17, 15) is 0 Å². The van der Waals surface area contributed by atoms with Gasteiger partial charge in [0.15, 0.2) is 0 Å². The third-order valence-electron chi connectivity index (χ3n) is 19.4. The molecule has 0 saturated carbocycles. The fourth-order valence-corrected chi connectivity index (χ4v) is 14.3. The molecular formula is C76H116N12O7. The van der Waals surface area contributed by atoms with Crippen LogP contribution in [0.3, 0.4) is 0 Å². The van der Waals surface area contributed by atoms with Gasteiger partial charge >= 0.3 is 0 Å². The average Bonchev–Trinajstić information content (AvgIpc) is 0.687. The van der Waals surface area contributed by atoms with Crippen LogP contribution in [0.15, 0.2) is 0 Å². The van der Waals surface area contributed by atoms with Gasteiger partial charge in [-0.2, -0.15) is 10.0 Å². The van der Waals surface area contributed by atoms with Crippen LogP contribution in [-0.2, 0) is 6.54 Å². The van der Waals surface area contributed by atoms with Gasteiger partial charge in [-0.25, -0.2) is 0 Å². The van der Waals surface area contributed by atoms with Crippen molar-refractivity contribution >= 4 is 108 Å². The van der Waals surface area contributed by atoms with Crippen molar-refractivity contribution in [3.63, 3.8) is 0 Å². The minimum atomic E-state index is -0.959. The predicted octanol–water partition coefficient (Wildman–Crippen LogP) is 17.9. The lowest BCUT2D eigenvalue weighted by Gasteiger charge is -2.41. The van der Waals surface area contributed by atoms with E-state index < -0.39 is 35.4 Å². The number of carbonyl (C=O) groups excluding carboxylic acids is 7. The van der Waals surface area contributed by atoms with Crippen molar-refractivity contribution < 1.29 is 33.6 Å². The number of hydrogen-bond donors (Lipinski definition) is 10. The van der Waals surface area contributed by atoms with Crippen LogP contribution in [-0.4, -0.2) is 104 Å². The first-order chi connectivity index (χ1) is 46.4. The molecule has 4 aromatic carbocycles. The Morgan fingerprint density at radius 1 is 0.253 bits per heavy atom. The number of hydrazine groups is 1. The van der Waals surface area contributed by atoms with Gasteiger partial charge in [-0.15, -0.1) is 0 Å². The van der Waals surface area contributed by atoms with E-state index in [0.717, 1.165) is 208 Å². The molecule has 4 aromatic rings. The molecule has 7 amide bonds. The van der Waals surface area contributed by atoms with Gasteiger partial charge in [0.25, 0.3) is 41.4 Å². The van der Waals surface area contributed by atoms with E-state index in [1.54, 1.807) is 0 Å². The van der Waals surface area contributed by atoms with Gasteiger partial charge in [-0.05, 0) is 51.4 Å². The second-order valence-corrected chi connectivity index (χ2v) is 26.8. The molecule has 0 atom stereocenters. The summed E-state index contributed by atoms with van der Waals surface area (Å²) >= 11 is 0. The first-order valence-electron chi connectivity index (χ1n) is 37.7. The zero-order chi connectivity index (χ0) is 67.8. The number of carbonyl (C=O) groups is 7. The molecule has 0 radical (unpaired) electrons. The molecule has 0 saturated heterocycles. The van der Waals surface area contributed by atoms with Gasteiger partial charge in [0.1, 0.15) is 0 Å². The van der Waals surface area contributed by atoms with Crippen LogP contribution in [0.25, 0.3) is 21.5 Å². The van der Waals surface area contributed by atoms with Gasteiger partial charge in [0, 0.05) is 86.0 Å². The molecular weight excluding hydrogens is 1190 g/mol. The lowest BCUT2D eigenvalue weighted by Crippen LogP contribution is -2.58. The Hall–Kier alpha value is -7.31. The number of nitrogens with one attached hydrogen (secondary N) is 10. The Morgan fingerprint density at radius 3 is 0.726 bits per heavy atom. The second-order valence-electron chi connectivity index (χ2n) is 26.8. The molecule has 95 heavy (non-hydrogen) atoms. The fraction of sp³-hybridized carbons (Fsp3) is 0.645. The monoisotopic (exact) mass is 1310 g/mol. The van der Waals surface area contributed by atoms with Crippen LogP contribution >= 0.6 is 0 Å². The van der Waals surface area contributed by atoms with Crippen molar-refractivity contribution in [1.82, 2.24) is 20.7 Å². The number of benzene rings is 4. The van der Waals surface area contributed by atoms with Crippen molar-refractivity contribution in [3.05, 3.63) is 44.5 Å². The minimum absolute atomic E-state index is 0.0297. The van der Waals surface area contributed by atoms with E-state index >= 15 is 33.6 Å².